The van der Waals surface area contributed by atoms with Crippen LogP contribution in [0.3, 0.4) is 0 Å². The lowest BCUT2D eigenvalue weighted by molar-refractivity contribution is -0.144. The molecule has 5 heteroatoms. The molecule has 0 aliphatic rings. The van der Waals surface area contributed by atoms with Gasteiger partial charge in [0.05, 0.1) is 10.7 Å². The van der Waals surface area contributed by atoms with E-state index < -0.39 is 0 Å². The zero-order valence-electron chi connectivity index (χ0n) is 21.4. The molecule has 0 amide bonds. The SMILES string of the molecule is CC(=O)OC(C/C=C\CCC[C@H](C)[C@H](C)[C@@H](C)[C@@H](C)[C@H](C)CO)/C(C)=C/c1csc(C)n1. The van der Waals surface area contributed by atoms with E-state index in [-0.39, 0.29) is 18.7 Å². The highest BCUT2D eigenvalue weighted by molar-refractivity contribution is 7.09. The highest BCUT2D eigenvalue weighted by Gasteiger charge is 2.26. The van der Waals surface area contributed by atoms with Gasteiger partial charge in [0.2, 0.25) is 0 Å². The van der Waals surface area contributed by atoms with E-state index in [1.807, 2.05) is 25.3 Å². The van der Waals surface area contributed by atoms with Crippen LogP contribution in [0.2, 0.25) is 0 Å². The molecule has 0 fully saturated rings. The molecular weight excluding hydrogens is 418 g/mol. The third-order valence-electron chi connectivity index (χ3n) is 7.12. The first-order valence-corrected chi connectivity index (χ1v) is 13.0. The van der Waals surface area contributed by atoms with Crippen molar-refractivity contribution in [1.29, 1.82) is 0 Å². The number of esters is 1. The average molecular weight is 464 g/mol. The van der Waals surface area contributed by atoms with Crippen LogP contribution in [0.1, 0.15) is 84.9 Å². The number of carbonyl (C=O) groups is 1. The Morgan fingerprint density at radius 2 is 1.75 bits per heavy atom. The van der Waals surface area contributed by atoms with Crippen LogP contribution in [0.4, 0.5) is 0 Å². The maximum Gasteiger partial charge on any atom is 0.303 e. The van der Waals surface area contributed by atoms with Crippen LogP contribution in [-0.4, -0.2) is 28.8 Å². The number of allylic oxidation sites excluding steroid dienone is 1. The van der Waals surface area contributed by atoms with Crippen molar-refractivity contribution >= 4 is 23.4 Å². The highest BCUT2D eigenvalue weighted by atomic mass is 32.1. The summed E-state index contributed by atoms with van der Waals surface area (Å²) in [4.78, 5) is 16.0. The first-order chi connectivity index (χ1) is 15.1. The van der Waals surface area contributed by atoms with Crippen LogP contribution in [0, 0.1) is 36.5 Å². The fourth-order valence-corrected chi connectivity index (χ4v) is 4.71. The fourth-order valence-electron chi connectivity index (χ4n) is 4.14. The normalized spacial score (nSPS) is 18.2. The molecule has 182 valence electrons. The van der Waals surface area contributed by atoms with Crippen molar-refractivity contribution in [2.24, 2.45) is 29.6 Å². The van der Waals surface area contributed by atoms with Crippen molar-refractivity contribution in [2.75, 3.05) is 6.61 Å². The predicted octanol–water partition coefficient (Wildman–Crippen LogP) is 7.08. The summed E-state index contributed by atoms with van der Waals surface area (Å²) in [6.07, 6.45) is 10.2. The molecule has 0 radical (unpaired) electrons. The van der Waals surface area contributed by atoms with Crippen LogP contribution in [-0.2, 0) is 9.53 Å². The van der Waals surface area contributed by atoms with E-state index in [9.17, 15) is 9.90 Å². The number of thiazole rings is 1. The molecule has 0 aromatic carbocycles. The Kier molecular flexibility index (Phi) is 13.1. The fraction of sp³-hybridized carbons (Fsp3) is 0.704. The number of rotatable bonds is 14. The van der Waals surface area contributed by atoms with Crippen molar-refractivity contribution in [3.8, 4) is 0 Å². The Bertz CT molecular complexity index is 739. The number of nitrogens with zero attached hydrogens (tertiary/aromatic N) is 1. The molecule has 1 aromatic rings. The minimum Gasteiger partial charge on any atom is -0.458 e. The van der Waals surface area contributed by atoms with E-state index in [4.69, 9.17) is 4.74 Å². The lowest BCUT2D eigenvalue weighted by atomic mass is 9.73. The summed E-state index contributed by atoms with van der Waals surface area (Å²) >= 11 is 1.62. The van der Waals surface area contributed by atoms with Gasteiger partial charge in [-0.1, -0.05) is 53.2 Å². The molecule has 1 heterocycles. The average Bonchev–Trinajstić information content (AvgIpc) is 3.16. The number of ether oxygens (including phenoxy) is 1. The molecule has 0 spiro atoms. The van der Waals surface area contributed by atoms with E-state index >= 15 is 0 Å². The van der Waals surface area contributed by atoms with Gasteiger partial charge in [-0.25, -0.2) is 4.98 Å². The van der Waals surface area contributed by atoms with Crippen molar-refractivity contribution in [3.63, 3.8) is 0 Å². The number of aromatic nitrogens is 1. The van der Waals surface area contributed by atoms with Crippen LogP contribution in [0.15, 0.2) is 23.1 Å². The number of unbranched alkanes of at least 4 members (excludes halogenated alkanes) is 1. The first kappa shape index (κ1) is 28.6. The quantitative estimate of drug-likeness (QED) is 0.182. The van der Waals surface area contributed by atoms with Crippen LogP contribution < -0.4 is 0 Å². The van der Waals surface area contributed by atoms with E-state index in [0.717, 1.165) is 29.1 Å². The van der Waals surface area contributed by atoms with Gasteiger partial charge in [0.25, 0.3) is 0 Å². The second-order valence-corrected chi connectivity index (χ2v) is 10.7. The topological polar surface area (TPSA) is 59.4 Å². The van der Waals surface area contributed by atoms with Gasteiger partial charge in [-0.3, -0.25) is 4.79 Å². The Labute approximate surface area is 200 Å². The van der Waals surface area contributed by atoms with Crippen LogP contribution in [0.5, 0.6) is 0 Å². The third kappa shape index (κ3) is 9.99. The Balaban J connectivity index is 2.51. The molecule has 0 bridgehead atoms. The molecular formula is C27H45NO3S. The largest absolute Gasteiger partial charge is 0.458 e. The van der Waals surface area contributed by atoms with E-state index in [2.05, 4.69) is 51.8 Å². The smallest absolute Gasteiger partial charge is 0.303 e. The van der Waals surface area contributed by atoms with E-state index in [1.54, 1.807) is 11.3 Å². The monoisotopic (exact) mass is 463 g/mol. The molecule has 1 aromatic heterocycles. The molecule has 1 N–H and O–H groups in total. The lowest BCUT2D eigenvalue weighted by Crippen LogP contribution is -2.27. The molecule has 32 heavy (non-hydrogen) atoms. The highest BCUT2D eigenvalue weighted by Crippen LogP contribution is 2.33. The van der Waals surface area contributed by atoms with Gasteiger partial charge in [0.1, 0.15) is 6.10 Å². The molecule has 0 saturated heterocycles. The molecule has 0 saturated carbocycles. The zero-order chi connectivity index (χ0) is 24.3. The summed E-state index contributed by atoms with van der Waals surface area (Å²) < 4.78 is 5.54. The van der Waals surface area contributed by atoms with Crippen LogP contribution >= 0.6 is 11.3 Å². The molecule has 4 nitrogen and oxygen atoms in total. The maximum atomic E-state index is 11.6. The summed E-state index contributed by atoms with van der Waals surface area (Å²) in [7, 11) is 0. The number of aliphatic hydroxyl groups excluding tert-OH is 1. The van der Waals surface area contributed by atoms with Gasteiger partial charge >= 0.3 is 5.97 Å². The minimum atomic E-state index is -0.257. The zero-order valence-corrected chi connectivity index (χ0v) is 22.2. The molecule has 6 atom stereocenters. The van der Waals surface area contributed by atoms with Crippen molar-refractivity contribution in [1.82, 2.24) is 4.98 Å². The van der Waals surface area contributed by atoms with Crippen molar-refractivity contribution < 1.29 is 14.6 Å². The van der Waals surface area contributed by atoms with Crippen molar-refractivity contribution in [3.05, 3.63) is 33.8 Å². The number of aryl methyl sites for hydroxylation is 1. The Morgan fingerprint density at radius 3 is 2.31 bits per heavy atom. The van der Waals surface area contributed by atoms with Crippen molar-refractivity contribution in [2.45, 2.75) is 87.2 Å². The van der Waals surface area contributed by atoms with Gasteiger partial charge in [0, 0.05) is 25.3 Å². The minimum absolute atomic E-state index is 0.249. The summed E-state index contributed by atoms with van der Waals surface area (Å²) in [5.41, 5.74) is 1.93. The number of carbonyl (C=O) groups excluding carboxylic acids is 1. The van der Waals surface area contributed by atoms with Gasteiger partial charge in [-0.05, 0) is 67.9 Å². The second kappa shape index (κ2) is 14.6. The van der Waals surface area contributed by atoms with Gasteiger partial charge in [-0.2, -0.15) is 0 Å². The maximum absolute atomic E-state index is 11.6. The number of aliphatic hydroxyl groups is 1. The molecule has 0 aliphatic heterocycles. The Morgan fingerprint density at radius 1 is 1.09 bits per heavy atom. The van der Waals surface area contributed by atoms with Gasteiger partial charge in [-0.15, -0.1) is 11.3 Å². The lowest BCUT2D eigenvalue weighted by Gasteiger charge is -2.33. The van der Waals surface area contributed by atoms with Gasteiger partial charge in [0.15, 0.2) is 0 Å². The standard InChI is InChI=1S/C27H45NO3S/c1-18(21(4)23(6)22(5)20(3)16-29)13-11-9-10-12-14-27(31-25(8)30)19(2)15-26-17-32-24(7)28-26/h10,12,15,17-18,20-23,27,29H,9,11,13-14,16H2,1-8H3/b12-10-,19-15+/t18-,20+,21-,22-,23+,27?/m0/s1. The molecule has 1 rings (SSSR count). The number of hydrogen-bond acceptors (Lipinski definition) is 5. The molecule has 0 aliphatic carbocycles. The predicted molar refractivity (Wildman–Crippen MR) is 137 cm³/mol. The summed E-state index contributed by atoms with van der Waals surface area (Å²) in [5.74, 6) is 2.52. The van der Waals surface area contributed by atoms with E-state index in [1.165, 1.54) is 13.3 Å². The third-order valence-corrected chi connectivity index (χ3v) is 7.91. The van der Waals surface area contributed by atoms with Crippen LogP contribution in [0.25, 0.3) is 6.08 Å². The van der Waals surface area contributed by atoms with E-state index in [0.29, 0.717) is 36.0 Å². The summed E-state index contributed by atoms with van der Waals surface area (Å²) in [6, 6.07) is 0. The number of hydrogen-bond donors (Lipinski definition) is 1. The summed E-state index contributed by atoms with van der Waals surface area (Å²) in [5, 5.41) is 12.5. The second-order valence-electron chi connectivity index (χ2n) is 9.63. The first-order valence-electron chi connectivity index (χ1n) is 12.1. The summed E-state index contributed by atoms with van der Waals surface area (Å²) in [6.45, 7) is 17.2. The van der Waals surface area contributed by atoms with Gasteiger partial charge < -0.3 is 9.84 Å². The molecule has 1 unspecified atom stereocenters. The Hall–Kier alpha value is -1.46.